The summed E-state index contributed by atoms with van der Waals surface area (Å²) in [6.07, 6.45) is 4.52. The van der Waals surface area contributed by atoms with Crippen molar-refractivity contribution in [3.05, 3.63) is 12.4 Å². The van der Waals surface area contributed by atoms with E-state index in [2.05, 4.69) is 30.2 Å². The molecule has 1 aromatic rings. The first kappa shape index (κ1) is 14.1. The number of thioether (sulfide) groups is 1. The number of nitrogens with zero attached hydrogens (tertiary/aromatic N) is 3. The SMILES string of the molecule is CC(C)NC(C)(C#N)CCSc1nccn1C. The van der Waals surface area contributed by atoms with Crippen LogP contribution in [0.1, 0.15) is 27.2 Å². The summed E-state index contributed by atoms with van der Waals surface area (Å²) in [5.74, 6) is 0.884. The van der Waals surface area contributed by atoms with Crippen LogP contribution in [0.2, 0.25) is 0 Å². The lowest BCUT2D eigenvalue weighted by Crippen LogP contribution is -2.45. The second-order valence-electron chi connectivity index (χ2n) is 4.66. The minimum atomic E-state index is -0.452. The Kier molecular flexibility index (Phi) is 5.03. The van der Waals surface area contributed by atoms with Crippen LogP contribution in [-0.2, 0) is 7.05 Å². The zero-order valence-electron chi connectivity index (χ0n) is 10.9. The van der Waals surface area contributed by atoms with E-state index in [1.807, 2.05) is 24.7 Å². The molecule has 1 atom stereocenters. The fourth-order valence-electron chi connectivity index (χ4n) is 1.63. The number of rotatable bonds is 6. The number of nitrogens with one attached hydrogen (secondary N) is 1. The van der Waals surface area contributed by atoms with Crippen molar-refractivity contribution in [1.82, 2.24) is 14.9 Å². The summed E-state index contributed by atoms with van der Waals surface area (Å²) in [6.45, 7) is 6.06. The van der Waals surface area contributed by atoms with Gasteiger partial charge in [0.1, 0.15) is 5.54 Å². The van der Waals surface area contributed by atoms with Crippen molar-refractivity contribution < 1.29 is 0 Å². The average Bonchev–Trinajstić information content (AvgIpc) is 2.63. The van der Waals surface area contributed by atoms with Gasteiger partial charge in [0.15, 0.2) is 5.16 Å². The van der Waals surface area contributed by atoms with Gasteiger partial charge in [0.05, 0.1) is 6.07 Å². The van der Waals surface area contributed by atoms with Gasteiger partial charge in [0, 0.05) is 31.2 Å². The highest BCUT2D eigenvalue weighted by Crippen LogP contribution is 2.20. The van der Waals surface area contributed by atoms with E-state index in [-0.39, 0.29) is 0 Å². The van der Waals surface area contributed by atoms with Crippen LogP contribution in [0.15, 0.2) is 17.6 Å². The van der Waals surface area contributed by atoms with Crippen LogP contribution in [0.5, 0.6) is 0 Å². The van der Waals surface area contributed by atoms with Gasteiger partial charge in [-0.25, -0.2) is 4.98 Å². The molecule has 1 aromatic heterocycles. The van der Waals surface area contributed by atoms with Crippen LogP contribution in [0.3, 0.4) is 0 Å². The zero-order chi connectivity index (χ0) is 12.9. The first-order valence-corrected chi connectivity index (χ1v) is 6.74. The molecule has 0 fully saturated rings. The largest absolute Gasteiger partial charge is 0.329 e. The van der Waals surface area contributed by atoms with Gasteiger partial charge in [-0.15, -0.1) is 0 Å². The van der Waals surface area contributed by atoms with E-state index in [9.17, 15) is 5.26 Å². The van der Waals surface area contributed by atoms with E-state index in [1.54, 1.807) is 18.0 Å². The summed E-state index contributed by atoms with van der Waals surface area (Å²) >= 11 is 1.68. The van der Waals surface area contributed by atoms with Crippen LogP contribution < -0.4 is 5.32 Å². The lowest BCUT2D eigenvalue weighted by Gasteiger charge is -2.25. The van der Waals surface area contributed by atoms with Crippen molar-refractivity contribution in [2.24, 2.45) is 7.05 Å². The quantitative estimate of drug-likeness (QED) is 0.788. The topological polar surface area (TPSA) is 53.6 Å². The van der Waals surface area contributed by atoms with Gasteiger partial charge in [-0.2, -0.15) is 5.26 Å². The normalized spacial score (nSPS) is 14.6. The van der Waals surface area contributed by atoms with E-state index < -0.39 is 5.54 Å². The number of hydrogen-bond acceptors (Lipinski definition) is 4. The predicted octanol–water partition coefficient (Wildman–Crippen LogP) is 2.18. The standard InChI is InChI=1S/C12H20N4S/c1-10(2)15-12(3,9-13)5-8-17-11-14-6-7-16(11)4/h6-7,10,15H,5,8H2,1-4H3. The molecule has 0 aliphatic carbocycles. The van der Waals surface area contributed by atoms with Crippen LogP contribution in [0.4, 0.5) is 0 Å². The molecule has 0 saturated carbocycles. The van der Waals surface area contributed by atoms with Crippen LogP contribution >= 0.6 is 11.8 Å². The van der Waals surface area contributed by atoms with Crippen LogP contribution in [0, 0.1) is 11.3 Å². The van der Waals surface area contributed by atoms with Crippen molar-refractivity contribution in [1.29, 1.82) is 5.26 Å². The fraction of sp³-hybridized carbons (Fsp3) is 0.667. The molecule has 0 bridgehead atoms. The molecular formula is C12H20N4S. The average molecular weight is 252 g/mol. The Balaban J connectivity index is 2.44. The maximum absolute atomic E-state index is 9.20. The molecule has 0 saturated heterocycles. The van der Waals surface area contributed by atoms with Gasteiger partial charge >= 0.3 is 0 Å². The molecule has 0 amide bonds. The number of nitriles is 1. The Morgan fingerprint density at radius 3 is 2.82 bits per heavy atom. The van der Waals surface area contributed by atoms with Crippen LogP contribution in [0.25, 0.3) is 0 Å². The molecule has 1 heterocycles. The zero-order valence-corrected chi connectivity index (χ0v) is 11.7. The lowest BCUT2D eigenvalue weighted by molar-refractivity contribution is 0.397. The molecule has 0 aromatic carbocycles. The molecule has 0 aliphatic heterocycles. The van der Waals surface area contributed by atoms with Crippen molar-refractivity contribution >= 4 is 11.8 Å². The molecule has 17 heavy (non-hydrogen) atoms. The maximum Gasteiger partial charge on any atom is 0.167 e. The Bertz CT molecular complexity index is 393. The van der Waals surface area contributed by atoms with Crippen LogP contribution in [-0.4, -0.2) is 26.9 Å². The minimum absolute atomic E-state index is 0.317. The Morgan fingerprint density at radius 1 is 1.65 bits per heavy atom. The first-order valence-electron chi connectivity index (χ1n) is 5.76. The minimum Gasteiger partial charge on any atom is -0.329 e. The summed E-state index contributed by atoms with van der Waals surface area (Å²) in [5, 5.41) is 13.5. The Labute approximate surface area is 107 Å². The van der Waals surface area contributed by atoms with E-state index in [4.69, 9.17) is 0 Å². The third-order valence-electron chi connectivity index (χ3n) is 2.46. The third kappa shape index (κ3) is 4.41. The Hall–Kier alpha value is -0.990. The molecule has 4 nitrogen and oxygen atoms in total. The molecule has 1 unspecified atom stereocenters. The van der Waals surface area contributed by atoms with E-state index >= 15 is 0 Å². The summed E-state index contributed by atoms with van der Waals surface area (Å²) in [6, 6.07) is 2.67. The number of hydrogen-bond donors (Lipinski definition) is 1. The van der Waals surface area contributed by atoms with Gasteiger partial charge in [-0.05, 0) is 27.2 Å². The number of imidazole rings is 1. The van der Waals surface area contributed by atoms with Gasteiger partial charge in [0.25, 0.3) is 0 Å². The fourth-order valence-corrected chi connectivity index (χ4v) is 2.73. The van der Waals surface area contributed by atoms with Crippen molar-refractivity contribution in [2.45, 2.75) is 43.9 Å². The Morgan fingerprint density at radius 2 is 2.35 bits per heavy atom. The van der Waals surface area contributed by atoms with E-state index in [0.717, 1.165) is 17.3 Å². The second-order valence-corrected chi connectivity index (χ2v) is 5.72. The highest BCUT2D eigenvalue weighted by atomic mass is 32.2. The monoisotopic (exact) mass is 252 g/mol. The van der Waals surface area contributed by atoms with Gasteiger partial charge in [0.2, 0.25) is 0 Å². The second kappa shape index (κ2) is 6.08. The number of aromatic nitrogens is 2. The van der Waals surface area contributed by atoms with Crippen molar-refractivity contribution in [3.63, 3.8) is 0 Å². The molecule has 94 valence electrons. The summed E-state index contributed by atoms with van der Waals surface area (Å²) in [7, 11) is 1.98. The van der Waals surface area contributed by atoms with Gasteiger partial charge in [-0.1, -0.05) is 11.8 Å². The maximum atomic E-state index is 9.20. The molecule has 1 N–H and O–H groups in total. The number of aryl methyl sites for hydroxylation is 1. The molecule has 0 radical (unpaired) electrons. The molecule has 0 spiro atoms. The molecule has 1 rings (SSSR count). The van der Waals surface area contributed by atoms with E-state index in [1.165, 1.54) is 0 Å². The van der Waals surface area contributed by atoms with Gasteiger partial charge in [-0.3, -0.25) is 5.32 Å². The summed E-state index contributed by atoms with van der Waals surface area (Å²) in [4.78, 5) is 4.24. The van der Waals surface area contributed by atoms with Gasteiger partial charge < -0.3 is 4.57 Å². The smallest absolute Gasteiger partial charge is 0.167 e. The summed E-state index contributed by atoms with van der Waals surface area (Å²) < 4.78 is 1.99. The molecular weight excluding hydrogens is 232 g/mol. The van der Waals surface area contributed by atoms with Crippen molar-refractivity contribution in [2.75, 3.05) is 5.75 Å². The van der Waals surface area contributed by atoms with Crippen molar-refractivity contribution in [3.8, 4) is 6.07 Å². The molecule has 5 heteroatoms. The highest BCUT2D eigenvalue weighted by molar-refractivity contribution is 7.99. The lowest BCUT2D eigenvalue weighted by atomic mass is 10.0. The third-order valence-corrected chi connectivity index (χ3v) is 3.52. The van der Waals surface area contributed by atoms with E-state index in [0.29, 0.717) is 6.04 Å². The highest BCUT2D eigenvalue weighted by Gasteiger charge is 2.23. The first-order chi connectivity index (χ1) is 7.97. The summed E-state index contributed by atoms with van der Waals surface area (Å²) in [5.41, 5.74) is -0.452. The molecule has 0 aliphatic rings. The predicted molar refractivity (Wildman–Crippen MR) is 70.8 cm³/mol.